The van der Waals surface area contributed by atoms with Gasteiger partial charge in [0.15, 0.2) is 0 Å². The van der Waals surface area contributed by atoms with Gasteiger partial charge in [0.2, 0.25) is 17.6 Å². The van der Waals surface area contributed by atoms with Gasteiger partial charge in [-0.25, -0.2) is 0 Å². The van der Waals surface area contributed by atoms with Crippen molar-refractivity contribution >= 4 is 16.9 Å². The molecule has 0 amide bonds. The zero-order chi connectivity index (χ0) is 35.3. The molecule has 0 fully saturated rings. The highest BCUT2D eigenvalue weighted by Gasteiger charge is 2.67. The SMILES string of the molecule is C=C1CC[N+]23c4c(cccc4C4(c5ccccc5-c5ccccc54)c4cc(-c5ccccc5)cc(c42)-c2cc(-c4ccccc4)cc[n+]23)/C1=C/C=C\C. The summed E-state index contributed by atoms with van der Waals surface area (Å²) in [5.74, 6) is 0. The van der Waals surface area contributed by atoms with Gasteiger partial charge < -0.3 is 0 Å². The monoisotopic (exact) mass is 678 g/mol. The van der Waals surface area contributed by atoms with Gasteiger partial charge in [-0.05, 0) is 90.0 Å². The zero-order valence-corrected chi connectivity index (χ0v) is 29.8. The number of para-hydroxylation sites is 1. The summed E-state index contributed by atoms with van der Waals surface area (Å²) in [4.78, 5) is 0. The molecule has 250 valence electrons. The van der Waals surface area contributed by atoms with Gasteiger partial charge in [0, 0.05) is 35.2 Å². The van der Waals surface area contributed by atoms with Crippen LogP contribution in [0.15, 0.2) is 188 Å². The summed E-state index contributed by atoms with van der Waals surface area (Å²) in [5.41, 5.74) is 21.4. The minimum Gasteiger partial charge on any atom is -0.0950 e. The molecule has 2 nitrogen and oxygen atoms in total. The van der Waals surface area contributed by atoms with E-state index < -0.39 is 5.41 Å². The average molecular weight is 679 g/mol. The van der Waals surface area contributed by atoms with Crippen LogP contribution in [0.1, 0.15) is 41.2 Å². The fraction of sp³-hybridized carbons (Fsp3) is 0.0784. The molecule has 11 rings (SSSR count). The van der Waals surface area contributed by atoms with Crippen molar-refractivity contribution in [3.8, 4) is 44.6 Å². The van der Waals surface area contributed by atoms with Crippen LogP contribution in [0.2, 0.25) is 0 Å². The minimum atomic E-state index is -0.530. The van der Waals surface area contributed by atoms with Gasteiger partial charge in [-0.1, -0.05) is 146 Å². The Morgan fingerprint density at radius 3 is 1.87 bits per heavy atom. The molecule has 7 aromatic rings. The van der Waals surface area contributed by atoms with E-state index in [9.17, 15) is 0 Å². The lowest BCUT2D eigenvalue weighted by Crippen LogP contribution is -2.69. The fourth-order valence-corrected chi connectivity index (χ4v) is 10.2. The maximum atomic E-state index is 4.77. The summed E-state index contributed by atoms with van der Waals surface area (Å²) < 4.78 is 3.19. The molecule has 4 heterocycles. The molecule has 2 heteroatoms. The Bertz CT molecular complexity index is 2710. The van der Waals surface area contributed by atoms with Crippen LogP contribution in [-0.2, 0) is 5.41 Å². The molecule has 0 saturated carbocycles. The Balaban J connectivity index is 1.38. The lowest BCUT2D eigenvalue weighted by atomic mass is 9.63. The van der Waals surface area contributed by atoms with Gasteiger partial charge >= 0.3 is 0 Å². The first-order valence-corrected chi connectivity index (χ1v) is 18.8. The quantitative estimate of drug-likeness (QED) is 0.129. The van der Waals surface area contributed by atoms with Crippen LogP contribution in [0.5, 0.6) is 0 Å². The highest BCUT2D eigenvalue weighted by atomic mass is 15.7. The van der Waals surface area contributed by atoms with Crippen molar-refractivity contribution in [1.29, 1.82) is 0 Å². The summed E-state index contributed by atoms with van der Waals surface area (Å²) in [7, 11) is 0. The van der Waals surface area contributed by atoms with E-state index in [1.165, 1.54) is 95.0 Å². The van der Waals surface area contributed by atoms with Crippen molar-refractivity contribution in [2.75, 3.05) is 6.54 Å². The molecule has 6 aromatic carbocycles. The Kier molecular flexibility index (Phi) is 6.33. The van der Waals surface area contributed by atoms with Crippen molar-refractivity contribution in [2.45, 2.75) is 18.8 Å². The van der Waals surface area contributed by atoms with Gasteiger partial charge in [0.1, 0.15) is 12.1 Å². The van der Waals surface area contributed by atoms with Gasteiger partial charge in [-0.3, -0.25) is 0 Å². The number of aromatic nitrogens is 1. The Labute approximate surface area is 311 Å². The van der Waals surface area contributed by atoms with Crippen molar-refractivity contribution in [1.82, 2.24) is 4.59 Å². The van der Waals surface area contributed by atoms with Crippen LogP contribution in [0, 0.1) is 0 Å². The predicted molar refractivity (Wildman–Crippen MR) is 219 cm³/mol. The standard InChI is InChI=1S/C51H38N2/c1-3-4-20-39-34(2)28-30-53-49-42(39)23-15-26-46(49)51(44-24-13-11-21-40(44)41-22-12-14-25-45(41)51)47-32-38(36-18-9-6-10-19-36)31-43(50(47)53)48-33-37(27-29-52(48)53)35-16-7-5-8-17-35/h3-27,29,31-33H,2,28,30H2,1H3/q+2/b4-3-,39-20+. The summed E-state index contributed by atoms with van der Waals surface area (Å²) in [6.07, 6.45) is 9.82. The molecule has 3 aliphatic heterocycles. The van der Waals surface area contributed by atoms with E-state index in [1.807, 2.05) is 0 Å². The fourth-order valence-electron chi connectivity index (χ4n) is 10.2. The normalized spacial score (nSPS) is 18.7. The third-order valence-corrected chi connectivity index (χ3v) is 12.3. The van der Waals surface area contributed by atoms with Gasteiger partial charge in [0.05, 0.1) is 5.41 Å². The lowest BCUT2D eigenvalue weighted by Gasteiger charge is -2.43. The molecular weight excluding hydrogens is 641 g/mol. The average Bonchev–Trinajstić information content (AvgIpc) is 3.63. The van der Waals surface area contributed by atoms with Crippen molar-refractivity contribution in [2.24, 2.45) is 0 Å². The highest BCUT2D eigenvalue weighted by molar-refractivity contribution is 6.01. The molecule has 1 aliphatic carbocycles. The highest BCUT2D eigenvalue weighted by Crippen LogP contribution is 2.68. The summed E-state index contributed by atoms with van der Waals surface area (Å²) in [5, 5.41) is 0. The number of allylic oxidation sites excluding steroid dienone is 4. The Morgan fingerprint density at radius 1 is 0.566 bits per heavy atom. The largest absolute Gasteiger partial charge is 0.280 e. The van der Waals surface area contributed by atoms with Crippen LogP contribution in [0.3, 0.4) is 0 Å². The van der Waals surface area contributed by atoms with Crippen LogP contribution in [0.4, 0.5) is 11.4 Å². The van der Waals surface area contributed by atoms with Gasteiger partial charge in [0.25, 0.3) is 5.69 Å². The van der Waals surface area contributed by atoms with Crippen molar-refractivity contribution in [3.63, 3.8) is 0 Å². The van der Waals surface area contributed by atoms with Gasteiger partial charge in [-0.15, -0.1) is 0 Å². The molecule has 1 atom stereocenters. The van der Waals surface area contributed by atoms with Gasteiger partial charge in [-0.2, -0.15) is 0 Å². The summed E-state index contributed by atoms with van der Waals surface area (Å²) in [6.45, 7) is 7.72. The van der Waals surface area contributed by atoms with E-state index in [0.29, 0.717) is 4.59 Å². The number of hydrogen-bond acceptors (Lipinski definition) is 0. The summed E-state index contributed by atoms with van der Waals surface area (Å²) >= 11 is 0. The van der Waals surface area contributed by atoms with E-state index in [4.69, 9.17) is 6.58 Å². The topological polar surface area (TPSA) is 3.88 Å². The second-order valence-corrected chi connectivity index (χ2v) is 14.8. The first-order chi connectivity index (χ1) is 26.2. The lowest BCUT2D eigenvalue weighted by molar-refractivity contribution is -0.780. The molecule has 1 aromatic heterocycles. The summed E-state index contributed by atoms with van der Waals surface area (Å²) in [6, 6.07) is 57.0. The zero-order valence-electron chi connectivity index (χ0n) is 29.8. The maximum Gasteiger partial charge on any atom is 0.280 e. The molecule has 0 saturated heterocycles. The van der Waals surface area contributed by atoms with Crippen LogP contribution >= 0.6 is 0 Å². The predicted octanol–water partition coefficient (Wildman–Crippen LogP) is 12.0. The molecule has 4 aliphatic rings. The van der Waals surface area contributed by atoms with Crippen molar-refractivity contribution in [3.05, 3.63) is 216 Å². The van der Waals surface area contributed by atoms with E-state index in [-0.39, 0.29) is 0 Å². The number of nitrogens with zero attached hydrogens (tertiary/aromatic N) is 2. The molecule has 0 radical (unpaired) electrons. The number of fused-ring (bicyclic) bond motifs is 9. The first kappa shape index (κ1) is 30.3. The third-order valence-electron chi connectivity index (χ3n) is 12.3. The second kappa shape index (κ2) is 11.1. The van der Waals surface area contributed by atoms with Crippen LogP contribution in [0.25, 0.3) is 50.2 Å². The van der Waals surface area contributed by atoms with E-state index in [0.717, 1.165) is 13.0 Å². The first-order valence-electron chi connectivity index (χ1n) is 18.8. The van der Waals surface area contributed by atoms with Crippen molar-refractivity contribution < 1.29 is 4.68 Å². The minimum absolute atomic E-state index is 0.530. The van der Waals surface area contributed by atoms with E-state index in [1.54, 1.807) is 0 Å². The Hall–Kier alpha value is -6.35. The number of quaternary nitrogens is 1. The molecule has 2 spiro atoms. The molecule has 0 N–H and O–H groups in total. The van der Waals surface area contributed by atoms with Crippen LogP contribution < -0.4 is 9.27 Å². The van der Waals surface area contributed by atoms with E-state index >= 15 is 0 Å². The molecule has 53 heavy (non-hydrogen) atoms. The van der Waals surface area contributed by atoms with Crippen LogP contribution in [-0.4, -0.2) is 6.54 Å². The number of pyridine rings is 1. The second-order valence-electron chi connectivity index (χ2n) is 14.8. The molecule has 1 unspecified atom stereocenters. The smallest absolute Gasteiger partial charge is 0.0950 e. The third kappa shape index (κ3) is 3.83. The molecule has 0 bridgehead atoms. The number of hydrogen-bond donors (Lipinski definition) is 0. The number of benzene rings is 6. The maximum absolute atomic E-state index is 4.77. The van der Waals surface area contributed by atoms with E-state index in [2.05, 4.69) is 188 Å². The Morgan fingerprint density at radius 2 is 1.17 bits per heavy atom. The number of rotatable bonds is 3. The molecular formula is C51H38N2+2.